The van der Waals surface area contributed by atoms with Gasteiger partial charge in [0.1, 0.15) is 6.07 Å². The van der Waals surface area contributed by atoms with Gasteiger partial charge in [-0.15, -0.1) is 0 Å². The lowest BCUT2D eigenvalue weighted by Crippen LogP contribution is -2.42. The van der Waals surface area contributed by atoms with Crippen molar-refractivity contribution >= 4 is 5.57 Å². The van der Waals surface area contributed by atoms with Gasteiger partial charge in [-0.1, -0.05) is 30.3 Å². The molecule has 1 N–H and O–H groups in total. The minimum Gasteiger partial charge on any atom is -0.365 e. The minimum atomic E-state index is -5.02. The molecule has 0 fully saturated rings. The fraction of sp³-hybridized carbons (Fsp3) is 0.250. The molecule has 1 unspecified atom stereocenters. The molecule has 90 valence electrons. The van der Waals surface area contributed by atoms with Crippen LogP contribution in [-0.2, 0) is 0 Å². The molecule has 0 amide bonds. The van der Waals surface area contributed by atoms with E-state index in [1.54, 1.807) is 30.3 Å². The molecule has 1 atom stereocenters. The molecule has 0 aromatic heterocycles. The summed E-state index contributed by atoms with van der Waals surface area (Å²) in [6.07, 6.45) is -4.50. The van der Waals surface area contributed by atoms with Crippen molar-refractivity contribution in [2.75, 3.05) is 0 Å². The third-order valence-corrected chi connectivity index (χ3v) is 2.26. The second-order valence-corrected chi connectivity index (χ2v) is 3.57. The van der Waals surface area contributed by atoms with E-state index in [-0.39, 0.29) is 5.57 Å². The zero-order valence-electron chi connectivity index (χ0n) is 8.99. The Morgan fingerprint density at radius 1 is 1.29 bits per heavy atom. The molecule has 0 aliphatic heterocycles. The van der Waals surface area contributed by atoms with E-state index >= 15 is 0 Å². The molecular weight excluding hydrogens is 231 g/mol. The molecule has 17 heavy (non-hydrogen) atoms. The largest absolute Gasteiger partial charge is 0.434 e. The van der Waals surface area contributed by atoms with Gasteiger partial charge >= 0.3 is 6.18 Å². The predicted octanol–water partition coefficient (Wildman–Crippen LogP) is 2.91. The quantitative estimate of drug-likeness (QED) is 0.809. The zero-order chi connectivity index (χ0) is 13.1. The van der Waals surface area contributed by atoms with Gasteiger partial charge in [-0.05, 0) is 24.1 Å². The summed E-state index contributed by atoms with van der Waals surface area (Å²) in [4.78, 5) is 0. The molecule has 1 aromatic carbocycles. The fourth-order valence-corrected chi connectivity index (χ4v) is 1.28. The predicted molar refractivity (Wildman–Crippen MR) is 56.7 cm³/mol. The zero-order valence-corrected chi connectivity index (χ0v) is 8.99. The second kappa shape index (κ2) is 4.60. The molecule has 0 saturated heterocycles. The first kappa shape index (κ1) is 13.3. The third kappa shape index (κ3) is 2.86. The highest BCUT2D eigenvalue weighted by atomic mass is 19.4. The van der Waals surface area contributed by atoms with Crippen LogP contribution in [0.15, 0.2) is 36.4 Å². The first-order valence-corrected chi connectivity index (χ1v) is 4.75. The van der Waals surface area contributed by atoms with Crippen molar-refractivity contribution in [3.63, 3.8) is 0 Å². The summed E-state index contributed by atoms with van der Waals surface area (Å²) < 4.78 is 37.4. The molecule has 0 aliphatic carbocycles. The van der Waals surface area contributed by atoms with Gasteiger partial charge in [0.05, 0.1) is 0 Å². The van der Waals surface area contributed by atoms with E-state index in [2.05, 4.69) is 0 Å². The van der Waals surface area contributed by atoms with Crippen LogP contribution in [0.2, 0.25) is 0 Å². The topological polar surface area (TPSA) is 44.0 Å². The SMILES string of the molecule is C/C(=C\C(O)(C#N)C(F)(F)F)c1ccccc1. The van der Waals surface area contributed by atoms with E-state index in [1.807, 2.05) is 0 Å². The summed E-state index contributed by atoms with van der Waals surface area (Å²) in [5, 5.41) is 17.7. The van der Waals surface area contributed by atoms with Crippen molar-refractivity contribution in [1.82, 2.24) is 0 Å². The minimum absolute atomic E-state index is 0.187. The summed E-state index contributed by atoms with van der Waals surface area (Å²) in [7, 11) is 0. The number of hydrogen-bond acceptors (Lipinski definition) is 2. The lowest BCUT2D eigenvalue weighted by Gasteiger charge is -2.20. The van der Waals surface area contributed by atoms with Crippen LogP contribution >= 0.6 is 0 Å². The molecular formula is C12H10F3NO. The van der Waals surface area contributed by atoms with Crippen molar-refractivity contribution in [1.29, 1.82) is 5.26 Å². The second-order valence-electron chi connectivity index (χ2n) is 3.57. The van der Waals surface area contributed by atoms with Crippen LogP contribution in [0.1, 0.15) is 12.5 Å². The van der Waals surface area contributed by atoms with Crippen LogP contribution in [-0.4, -0.2) is 16.9 Å². The van der Waals surface area contributed by atoms with Crippen LogP contribution in [0.25, 0.3) is 5.57 Å². The first-order chi connectivity index (χ1) is 7.80. The van der Waals surface area contributed by atoms with Crippen molar-refractivity contribution in [2.24, 2.45) is 0 Å². The van der Waals surface area contributed by atoms with Crippen molar-refractivity contribution in [2.45, 2.75) is 18.7 Å². The van der Waals surface area contributed by atoms with Gasteiger partial charge in [-0.2, -0.15) is 18.4 Å². The Balaban J connectivity index is 3.16. The van der Waals surface area contributed by atoms with Gasteiger partial charge in [0, 0.05) is 0 Å². The fourth-order valence-electron chi connectivity index (χ4n) is 1.28. The van der Waals surface area contributed by atoms with Crippen LogP contribution in [0, 0.1) is 11.3 Å². The van der Waals surface area contributed by atoms with E-state index < -0.39 is 11.8 Å². The lowest BCUT2D eigenvalue weighted by atomic mass is 9.98. The molecule has 0 saturated carbocycles. The highest BCUT2D eigenvalue weighted by Gasteiger charge is 2.53. The Morgan fingerprint density at radius 2 is 1.82 bits per heavy atom. The van der Waals surface area contributed by atoms with Gasteiger partial charge < -0.3 is 5.11 Å². The Kier molecular flexibility index (Phi) is 3.59. The Labute approximate surface area is 96.6 Å². The van der Waals surface area contributed by atoms with Crippen molar-refractivity contribution in [3.8, 4) is 6.07 Å². The number of halogens is 3. The molecule has 2 nitrogen and oxygen atoms in total. The summed E-state index contributed by atoms with van der Waals surface area (Å²) >= 11 is 0. The maximum absolute atomic E-state index is 12.5. The Morgan fingerprint density at radius 3 is 2.24 bits per heavy atom. The van der Waals surface area contributed by atoms with Crippen molar-refractivity contribution in [3.05, 3.63) is 42.0 Å². The first-order valence-electron chi connectivity index (χ1n) is 4.75. The number of benzene rings is 1. The number of hydrogen-bond donors (Lipinski definition) is 1. The summed E-state index contributed by atoms with van der Waals surface area (Å²) in [5.74, 6) is 0. The van der Waals surface area contributed by atoms with Crippen LogP contribution in [0.4, 0.5) is 13.2 Å². The van der Waals surface area contributed by atoms with E-state index in [1.165, 1.54) is 6.92 Å². The van der Waals surface area contributed by atoms with Gasteiger partial charge in [-0.25, -0.2) is 0 Å². The Hall–Kier alpha value is -1.80. The molecule has 0 bridgehead atoms. The maximum Gasteiger partial charge on any atom is 0.434 e. The Bertz CT molecular complexity index is 459. The van der Waals surface area contributed by atoms with E-state index in [9.17, 15) is 18.3 Å². The third-order valence-electron chi connectivity index (χ3n) is 2.26. The summed E-state index contributed by atoms with van der Waals surface area (Å²) in [6.45, 7) is 1.41. The van der Waals surface area contributed by atoms with E-state index in [0.29, 0.717) is 11.6 Å². The number of aliphatic hydroxyl groups is 1. The van der Waals surface area contributed by atoms with Gasteiger partial charge in [0.15, 0.2) is 0 Å². The highest BCUT2D eigenvalue weighted by molar-refractivity contribution is 5.65. The standard InChI is InChI=1S/C12H10F3NO/c1-9(10-5-3-2-4-6-10)7-11(17,8-16)12(13,14)15/h2-7,17H,1H3/b9-7+. The van der Waals surface area contributed by atoms with Crippen LogP contribution < -0.4 is 0 Å². The molecule has 5 heteroatoms. The molecule has 0 radical (unpaired) electrons. The van der Waals surface area contributed by atoms with Gasteiger partial charge in [0.2, 0.25) is 0 Å². The lowest BCUT2D eigenvalue weighted by molar-refractivity contribution is -0.217. The summed E-state index contributed by atoms with van der Waals surface area (Å²) in [5.41, 5.74) is -2.75. The average molecular weight is 241 g/mol. The number of rotatable bonds is 2. The van der Waals surface area contributed by atoms with E-state index in [0.717, 1.165) is 6.07 Å². The molecule has 1 rings (SSSR count). The normalized spacial score (nSPS) is 16.1. The van der Waals surface area contributed by atoms with Crippen LogP contribution in [0.5, 0.6) is 0 Å². The molecule has 0 aliphatic rings. The summed E-state index contributed by atoms with van der Waals surface area (Å²) in [6, 6.07) is 9.10. The van der Waals surface area contributed by atoms with Crippen molar-refractivity contribution < 1.29 is 18.3 Å². The number of nitriles is 1. The van der Waals surface area contributed by atoms with Gasteiger partial charge in [-0.3, -0.25) is 0 Å². The number of alkyl halides is 3. The smallest absolute Gasteiger partial charge is 0.365 e. The van der Waals surface area contributed by atoms with Crippen LogP contribution in [0.3, 0.4) is 0 Å². The van der Waals surface area contributed by atoms with E-state index in [4.69, 9.17) is 5.26 Å². The highest BCUT2D eigenvalue weighted by Crippen LogP contribution is 2.33. The number of nitrogens with zero attached hydrogens (tertiary/aromatic N) is 1. The monoisotopic (exact) mass is 241 g/mol. The molecule has 0 spiro atoms. The maximum atomic E-state index is 12.5. The number of allylic oxidation sites excluding steroid dienone is 1. The molecule has 1 aromatic rings. The van der Waals surface area contributed by atoms with Gasteiger partial charge in [0.25, 0.3) is 5.60 Å². The average Bonchev–Trinajstić information content (AvgIpc) is 2.28. The molecule has 0 heterocycles.